The van der Waals surface area contributed by atoms with E-state index in [1.807, 2.05) is 19.9 Å². The van der Waals surface area contributed by atoms with Gasteiger partial charge in [0.05, 0.1) is 4.90 Å². The molecule has 0 saturated carbocycles. The van der Waals surface area contributed by atoms with Gasteiger partial charge in [0.1, 0.15) is 0 Å². The van der Waals surface area contributed by atoms with E-state index in [9.17, 15) is 13.2 Å². The Morgan fingerprint density at radius 2 is 1.90 bits per heavy atom. The minimum Gasteiger partial charge on any atom is -0.355 e. The predicted octanol–water partition coefficient (Wildman–Crippen LogP) is 1.50. The van der Waals surface area contributed by atoms with Crippen LogP contribution in [0.25, 0.3) is 0 Å². The maximum atomic E-state index is 12.2. The fourth-order valence-corrected chi connectivity index (χ4v) is 3.14. The molecular formula is C14H22N2O3S. The van der Waals surface area contributed by atoms with Crippen molar-refractivity contribution in [2.24, 2.45) is 0 Å². The number of carbonyl (C=O) groups excluding carboxylic acids is 1. The highest BCUT2D eigenvalue weighted by atomic mass is 32.2. The molecule has 0 spiro atoms. The number of benzene rings is 1. The monoisotopic (exact) mass is 298 g/mol. The summed E-state index contributed by atoms with van der Waals surface area (Å²) in [5.74, 6) is -0.0570. The Balaban J connectivity index is 2.58. The summed E-state index contributed by atoms with van der Waals surface area (Å²) < 4.78 is 26.8. The van der Waals surface area contributed by atoms with Crippen molar-refractivity contribution in [2.45, 2.75) is 38.5 Å². The Bertz CT molecular complexity index is 568. The molecule has 1 rings (SSSR count). The second-order valence-corrected chi connectivity index (χ2v) is 6.50. The van der Waals surface area contributed by atoms with Gasteiger partial charge in [0, 0.05) is 19.5 Å². The third kappa shape index (κ3) is 4.94. The van der Waals surface area contributed by atoms with Crippen molar-refractivity contribution in [1.29, 1.82) is 0 Å². The second-order valence-electron chi connectivity index (χ2n) is 4.77. The van der Waals surface area contributed by atoms with Crippen molar-refractivity contribution < 1.29 is 13.2 Å². The van der Waals surface area contributed by atoms with E-state index in [-0.39, 0.29) is 17.3 Å². The number of amides is 1. The molecule has 0 heterocycles. The summed E-state index contributed by atoms with van der Waals surface area (Å²) >= 11 is 0. The average molecular weight is 298 g/mol. The average Bonchev–Trinajstić information content (AvgIpc) is 2.38. The van der Waals surface area contributed by atoms with Gasteiger partial charge in [0.25, 0.3) is 0 Å². The quantitative estimate of drug-likeness (QED) is 0.749. The Kier molecular flexibility index (Phi) is 6.16. The molecule has 0 unspecified atom stereocenters. The summed E-state index contributed by atoms with van der Waals surface area (Å²) in [5, 5.41) is 2.67. The Morgan fingerprint density at radius 1 is 1.20 bits per heavy atom. The van der Waals surface area contributed by atoms with Crippen LogP contribution in [0.1, 0.15) is 30.9 Å². The first kappa shape index (κ1) is 16.7. The standard InChI is InChI=1S/C14H22N2O3S/c1-4-5-14(17)15-8-9-16-20(18,19)13-10-11(2)6-7-12(13)3/h6-7,10,16H,4-5,8-9H2,1-3H3,(H,15,17). The molecular weight excluding hydrogens is 276 g/mol. The van der Waals surface area contributed by atoms with E-state index in [0.717, 1.165) is 12.0 Å². The lowest BCUT2D eigenvalue weighted by molar-refractivity contribution is -0.121. The van der Waals surface area contributed by atoms with Crippen LogP contribution in [0.2, 0.25) is 0 Å². The van der Waals surface area contributed by atoms with Crippen LogP contribution in [0.5, 0.6) is 0 Å². The van der Waals surface area contributed by atoms with Gasteiger partial charge in [-0.25, -0.2) is 13.1 Å². The van der Waals surface area contributed by atoms with Gasteiger partial charge >= 0.3 is 0 Å². The van der Waals surface area contributed by atoms with E-state index in [0.29, 0.717) is 18.5 Å². The first-order chi connectivity index (χ1) is 9.36. The molecule has 0 bridgehead atoms. The molecule has 0 fully saturated rings. The number of hydrogen-bond acceptors (Lipinski definition) is 3. The minimum absolute atomic E-state index is 0.0570. The molecule has 20 heavy (non-hydrogen) atoms. The number of nitrogens with one attached hydrogen (secondary N) is 2. The number of aryl methyl sites for hydroxylation is 2. The molecule has 1 amide bonds. The molecule has 0 aromatic heterocycles. The fourth-order valence-electron chi connectivity index (χ4n) is 1.78. The summed E-state index contributed by atoms with van der Waals surface area (Å²) in [6.07, 6.45) is 1.24. The van der Waals surface area contributed by atoms with Crippen molar-refractivity contribution in [1.82, 2.24) is 10.0 Å². The molecule has 112 valence electrons. The van der Waals surface area contributed by atoms with Crippen LogP contribution in [0, 0.1) is 13.8 Å². The minimum atomic E-state index is -3.52. The van der Waals surface area contributed by atoms with Crippen molar-refractivity contribution in [3.05, 3.63) is 29.3 Å². The van der Waals surface area contributed by atoms with Crippen LogP contribution < -0.4 is 10.0 Å². The molecule has 0 saturated heterocycles. The summed E-state index contributed by atoms with van der Waals surface area (Å²) in [4.78, 5) is 11.5. The van der Waals surface area contributed by atoms with Crippen LogP contribution in [0.3, 0.4) is 0 Å². The molecule has 0 aliphatic heterocycles. The normalized spacial score (nSPS) is 11.3. The SMILES string of the molecule is CCCC(=O)NCCNS(=O)(=O)c1cc(C)ccc1C. The first-order valence-corrected chi connectivity index (χ1v) is 8.18. The third-order valence-corrected chi connectivity index (χ3v) is 4.45. The van der Waals surface area contributed by atoms with Crippen molar-refractivity contribution in [2.75, 3.05) is 13.1 Å². The van der Waals surface area contributed by atoms with Gasteiger partial charge in [-0.2, -0.15) is 0 Å². The molecule has 0 aliphatic carbocycles. The Hall–Kier alpha value is -1.40. The maximum Gasteiger partial charge on any atom is 0.240 e. The largest absolute Gasteiger partial charge is 0.355 e. The molecule has 0 aliphatic rings. The lowest BCUT2D eigenvalue weighted by atomic mass is 10.2. The molecule has 6 heteroatoms. The van der Waals surface area contributed by atoms with Gasteiger partial charge < -0.3 is 5.32 Å². The number of sulfonamides is 1. The second kappa shape index (κ2) is 7.40. The summed E-state index contributed by atoms with van der Waals surface area (Å²) in [6.45, 7) is 6.01. The van der Waals surface area contributed by atoms with Crippen LogP contribution in [-0.4, -0.2) is 27.4 Å². The van der Waals surface area contributed by atoms with Gasteiger partial charge in [-0.3, -0.25) is 4.79 Å². The van der Waals surface area contributed by atoms with Crippen molar-refractivity contribution in [3.8, 4) is 0 Å². The van der Waals surface area contributed by atoms with Gasteiger partial charge in [-0.05, 0) is 37.5 Å². The molecule has 1 aromatic rings. The highest BCUT2D eigenvalue weighted by Crippen LogP contribution is 2.16. The highest BCUT2D eigenvalue weighted by molar-refractivity contribution is 7.89. The zero-order valence-electron chi connectivity index (χ0n) is 12.2. The molecule has 5 nitrogen and oxygen atoms in total. The van der Waals surface area contributed by atoms with E-state index >= 15 is 0 Å². The van der Waals surface area contributed by atoms with Crippen molar-refractivity contribution >= 4 is 15.9 Å². The van der Waals surface area contributed by atoms with Gasteiger partial charge in [-0.1, -0.05) is 19.1 Å². The third-order valence-electron chi connectivity index (χ3n) is 2.85. The van der Waals surface area contributed by atoms with Gasteiger partial charge in [0.15, 0.2) is 0 Å². The van der Waals surface area contributed by atoms with Gasteiger partial charge in [-0.15, -0.1) is 0 Å². The number of rotatable bonds is 7. The van der Waals surface area contributed by atoms with E-state index in [2.05, 4.69) is 10.0 Å². The summed E-state index contributed by atoms with van der Waals surface area (Å²) in [7, 11) is -3.52. The lowest BCUT2D eigenvalue weighted by Gasteiger charge is -2.10. The number of hydrogen-bond donors (Lipinski definition) is 2. The smallest absolute Gasteiger partial charge is 0.240 e. The number of carbonyl (C=O) groups is 1. The zero-order valence-corrected chi connectivity index (χ0v) is 13.0. The Labute approximate surface area is 120 Å². The van der Waals surface area contributed by atoms with Gasteiger partial charge in [0.2, 0.25) is 15.9 Å². The molecule has 0 atom stereocenters. The molecule has 1 aromatic carbocycles. The molecule has 0 radical (unpaired) electrons. The first-order valence-electron chi connectivity index (χ1n) is 6.70. The van der Waals surface area contributed by atoms with E-state index in [4.69, 9.17) is 0 Å². The zero-order chi connectivity index (χ0) is 15.2. The Morgan fingerprint density at radius 3 is 2.55 bits per heavy atom. The van der Waals surface area contributed by atoms with Crippen LogP contribution in [0.4, 0.5) is 0 Å². The van der Waals surface area contributed by atoms with Crippen LogP contribution in [-0.2, 0) is 14.8 Å². The fraction of sp³-hybridized carbons (Fsp3) is 0.500. The summed E-state index contributed by atoms with van der Waals surface area (Å²) in [6, 6.07) is 5.31. The topological polar surface area (TPSA) is 75.3 Å². The van der Waals surface area contributed by atoms with E-state index in [1.54, 1.807) is 19.1 Å². The highest BCUT2D eigenvalue weighted by Gasteiger charge is 2.16. The predicted molar refractivity (Wildman–Crippen MR) is 79.0 cm³/mol. The van der Waals surface area contributed by atoms with Crippen LogP contribution in [0.15, 0.2) is 23.1 Å². The summed E-state index contributed by atoms with van der Waals surface area (Å²) in [5.41, 5.74) is 1.60. The van der Waals surface area contributed by atoms with E-state index < -0.39 is 10.0 Å². The van der Waals surface area contributed by atoms with E-state index in [1.165, 1.54) is 0 Å². The van der Waals surface area contributed by atoms with Crippen molar-refractivity contribution in [3.63, 3.8) is 0 Å². The maximum absolute atomic E-state index is 12.2. The molecule has 2 N–H and O–H groups in total. The lowest BCUT2D eigenvalue weighted by Crippen LogP contribution is -2.34. The van der Waals surface area contributed by atoms with Crippen LogP contribution >= 0.6 is 0 Å².